The second-order valence-electron chi connectivity index (χ2n) is 5.84. The maximum atomic E-state index is 12.3. The Hall–Kier alpha value is -2.60. The summed E-state index contributed by atoms with van der Waals surface area (Å²) in [6, 6.07) is 9.91. The van der Waals surface area contributed by atoms with E-state index in [-0.39, 0.29) is 11.8 Å². The van der Waals surface area contributed by atoms with E-state index in [2.05, 4.69) is 5.32 Å². The quantitative estimate of drug-likeness (QED) is 0.845. The van der Waals surface area contributed by atoms with Gasteiger partial charge >= 0.3 is 6.03 Å². The van der Waals surface area contributed by atoms with Crippen LogP contribution >= 0.6 is 0 Å². The Bertz CT molecular complexity index is 736. The largest absolute Gasteiger partial charge is 0.458 e. The number of ketones is 1. The van der Waals surface area contributed by atoms with Gasteiger partial charge in [-0.25, -0.2) is 4.79 Å². The Morgan fingerprint density at radius 2 is 2.00 bits per heavy atom. The van der Waals surface area contributed by atoms with Crippen LogP contribution in [0, 0.1) is 0 Å². The molecule has 0 aliphatic carbocycles. The number of aliphatic hydroxyl groups excluding tert-OH is 1. The number of amides is 2. The van der Waals surface area contributed by atoms with Crippen LogP contribution in [0.4, 0.5) is 10.5 Å². The lowest BCUT2D eigenvalue weighted by Gasteiger charge is -2.16. The van der Waals surface area contributed by atoms with Crippen molar-refractivity contribution < 1.29 is 19.1 Å². The van der Waals surface area contributed by atoms with E-state index < -0.39 is 6.10 Å². The van der Waals surface area contributed by atoms with Crippen LogP contribution in [0.2, 0.25) is 0 Å². The first-order valence-electron chi connectivity index (χ1n) is 8.04. The Kier molecular flexibility index (Phi) is 4.66. The summed E-state index contributed by atoms with van der Waals surface area (Å²) in [4.78, 5) is 26.0. The monoisotopic (exact) mass is 328 g/mol. The number of anilines is 1. The summed E-state index contributed by atoms with van der Waals surface area (Å²) < 4.78 is 5.47. The highest BCUT2D eigenvalue weighted by Gasteiger charge is 2.24. The standard InChI is InChI=1S/C18H20N2O4/c1-2-15-7-8-16(24-15)17(22)12-3-5-13(6-4-12)19-18(23)20-10-9-14(21)11-20/h3-8,14,21H,2,9-11H2,1H3,(H,19,23). The number of carbonyl (C=O) groups is 2. The first-order valence-corrected chi connectivity index (χ1v) is 8.04. The molecule has 6 heteroatoms. The van der Waals surface area contributed by atoms with E-state index in [0.29, 0.717) is 36.5 Å². The first-order chi connectivity index (χ1) is 11.6. The number of urea groups is 1. The van der Waals surface area contributed by atoms with Gasteiger partial charge in [-0.3, -0.25) is 4.79 Å². The van der Waals surface area contributed by atoms with Gasteiger partial charge in [0.05, 0.1) is 6.10 Å². The molecule has 1 fully saturated rings. The number of likely N-dealkylation sites (tertiary alicyclic amines) is 1. The van der Waals surface area contributed by atoms with Crippen LogP contribution in [-0.4, -0.2) is 41.0 Å². The number of nitrogens with one attached hydrogen (secondary N) is 1. The van der Waals surface area contributed by atoms with E-state index >= 15 is 0 Å². The second kappa shape index (κ2) is 6.88. The number of furan rings is 1. The molecule has 126 valence electrons. The fraction of sp³-hybridized carbons (Fsp3) is 0.333. The van der Waals surface area contributed by atoms with E-state index in [1.807, 2.05) is 6.92 Å². The van der Waals surface area contributed by atoms with Crippen molar-refractivity contribution in [3.63, 3.8) is 0 Å². The molecule has 1 atom stereocenters. The van der Waals surface area contributed by atoms with Gasteiger partial charge < -0.3 is 19.7 Å². The topological polar surface area (TPSA) is 82.8 Å². The van der Waals surface area contributed by atoms with E-state index in [1.165, 1.54) is 0 Å². The van der Waals surface area contributed by atoms with Crippen molar-refractivity contribution in [3.8, 4) is 0 Å². The SMILES string of the molecule is CCc1ccc(C(=O)c2ccc(NC(=O)N3CCC(O)C3)cc2)o1. The molecule has 1 aliphatic rings. The maximum absolute atomic E-state index is 12.3. The first kappa shape index (κ1) is 16.3. The molecule has 0 bridgehead atoms. The molecule has 1 unspecified atom stereocenters. The van der Waals surface area contributed by atoms with Crippen LogP contribution in [0.15, 0.2) is 40.8 Å². The fourth-order valence-corrected chi connectivity index (χ4v) is 2.67. The van der Waals surface area contributed by atoms with Crippen LogP contribution in [0.25, 0.3) is 0 Å². The highest BCUT2D eigenvalue weighted by molar-refractivity contribution is 6.07. The Balaban J connectivity index is 1.64. The molecule has 6 nitrogen and oxygen atoms in total. The highest BCUT2D eigenvalue weighted by atomic mass is 16.3. The Morgan fingerprint density at radius 1 is 1.25 bits per heavy atom. The van der Waals surface area contributed by atoms with E-state index in [4.69, 9.17) is 4.42 Å². The fourth-order valence-electron chi connectivity index (χ4n) is 2.67. The van der Waals surface area contributed by atoms with Gasteiger partial charge in [0.15, 0.2) is 5.76 Å². The van der Waals surface area contributed by atoms with Crippen molar-refractivity contribution in [2.75, 3.05) is 18.4 Å². The van der Waals surface area contributed by atoms with Crippen LogP contribution in [-0.2, 0) is 6.42 Å². The van der Waals surface area contributed by atoms with Crippen LogP contribution in [0.3, 0.4) is 0 Å². The number of nitrogens with zero attached hydrogens (tertiary/aromatic N) is 1. The third-order valence-corrected chi connectivity index (χ3v) is 4.08. The van der Waals surface area contributed by atoms with Gasteiger partial charge in [-0.2, -0.15) is 0 Å². The van der Waals surface area contributed by atoms with Crippen molar-refractivity contribution in [2.24, 2.45) is 0 Å². The molecule has 3 rings (SSSR count). The summed E-state index contributed by atoms with van der Waals surface area (Å²) in [7, 11) is 0. The third kappa shape index (κ3) is 3.49. The van der Waals surface area contributed by atoms with Crippen molar-refractivity contribution in [1.29, 1.82) is 0 Å². The Labute approximate surface area is 140 Å². The average molecular weight is 328 g/mol. The molecule has 2 aromatic rings. The zero-order valence-corrected chi connectivity index (χ0v) is 13.5. The summed E-state index contributed by atoms with van der Waals surface area (Å²) in [5, 5.41) is 12.2. The molecule has 0 spiro atoms. The zero-order chi connectivity index (χ0) is 17.1. The van der Waals surface area contributed by atoms with Crippen LogP contribution in [0.1, 0.15) is 35.2 Å². The smallest absolute Gasteiger partial charge is 0.321 e. The minimum Gasteiger partial charge on any atom is -0.458 e. The molecule has 2 heterocycles. The van der Waals surface area contributed by atoms with Gasteiger partial charge in [0.25, 0.3) is 0 Å². The normalized spacial score (nSPS) is 17.1. The molecule has 0 radical (unpaired) electrons. The molecule has 1 aromatic heterocycles. The second-order valence-corrected chi connectivity index (χ2v) is 5.84. The summed E-state index contributed by atoms with van der Waals surface area (Å²) >= 11 is 0. The molecule has 1 aromatic carbocycles. The Morgan fingerprint density at radius 3 is 2.58 bits per heavy atom. The van der Waals surface area contributed by atoms with Crippen LogP contribution < -0.4 is 5.32 Å². The third-order valence-electron chi connectivity index (χ3n) is 4.08. The van der Waals surface area contributed by atoms with Crippen molar-refractivity contribution in [3.05, 3.63) is 53.5 Å². The maximum Gasteiger partial charge on any atom is 0.321 e. The predicted octanol–water partition coefficient (Wildman–Crippen LogP) is 2.67. The van der Waals surface area contributed by atoms with E-state index in [0.717, 1.165) is 12.2 Å². The predicted molar refractivity (Wildman–Crippen MR) is 89.2 cm³/mol. The molecular formula is C18H20N2O4. The van der Waals surface area contributed by atoms with Crippen molar-refractivity contribution >= 4 is 17.5 Å². The zero-order valence-electron chi connectivity index (χ0n) is 13.5. The van der Waals surface area contributed by atoms with Gasteiger partial charge in [0.2, 0.25) is 5.78 Å². The molecule has 1 aliphatic heterocycles. The van der Waals surface area contributed by atoms with E-state index in [9.17, 15) is 14.7 Å². The number of hydrogen-bond donors (Lipinski definition) is 2. The lowest BCUT2D eigenvalue weighted by molar-refractivity contribution is 0.101. The van der Waals surface area contributed by atoms with Crippen molar-refractivity contribution in [1.82, 2.24) is 4.90 Å². The average Bonchev–Trinajstić information content (AvgIpc) is 3.23. The summed E-state index contributed by atoms with van der Waals surface area (Å²) in [6.07, 6.45) is 0.893. The number of hydrogen-bond acceptors (Lipinski definition) is 4. The summed E-state index contributed by atoms with van der Waals surface area (Å²) in [5.74, 6) is 0.903. The van der Waals surface area contributed by atoms with E-state index in [1.54, 1.807) is 41.3 Å². The van der Waals surface area contributed by atoms with Gasteiger partial charge in [0, 0.05) is 30.8 Å². The minimum absolute atomic E-state index is 0.185. The number of aryl methyl sites for hydroxylation is 1. The molecular weight excluding hydrogens is 308 g/mol. The number of carbonyl (C=O) groups excluding carboxylic acids is 2. The number of rotatable bonds is 4. The van der Waals surface area contributed by atoms with Crippen LogP contribution in [0.5, 0.6) is 0 Å². The molecule has 0 saturated carbocycles. The number of aliphatic hydroxyl groups is 1. The molecule has 24 heavy (non-hydrogen) atoms. The van der Waals surface area contributed by atoms with Crippen molar-refractivity contribution in [2.45, 2.75) is 25.9 Å². The van der Waals surface area contributed by atoms with Gasteiger partial charge in [0.1, 0.15) is 5.76 Å². The summed E-state index contributed by atoms with van der Waals surface area (Å²) in [5.41, 5.74) is 1.10. The number of β-amino-alcohol motifs (C(OH)–C–C–N with tert-alkyl or cyclic N) is 1. The molecule has 2 N–H and O–H groups in total. The van der Waals surface area contributed by atoms with Gasteiger partial charge in [-0.05, 0) is 42.8 Å². The minimum atomic E-state index is -0.447. The van der Waals surface area contributed by atoms with Gasteiger partial charge in [-0.1, -0.05) is 6.92 Å². The highest BCUT2D eigenvalue weighted by Crippen LogP contribution is 2.17. The lowest BCUT2D eigenvalue weighted by atomic mass is 10.1. The molecule has 1 saturated heterocycles. The van der Waals surface area contributed by atoms with Gasteiger partial charge in [-0.15, -0.1) is 0 Å². The lowest BCUT2D eigenvalue weighted by Crippen LogP contribution is -2.33. The summed E-state index contributed by atoms with van der Waals surface area (Å²) in [6.45, 7) is 2.85. The molecule has 2 amide bonds. The number of benzene rings is 1.